The number of thioether (sulfide) groups is 1. The van der Waals surface area contributed by atoms with Crippen molar-refractivity contribution >= 4 is 23.4 Å². The minimum absolute atomic E-state index is 0.0143. The van der Waals surface area contributed by atoms with Crippen molar-refractivity contribution in [2.24, 2.45) is 0 Å². The molecule has 0 aliphatic rings. The largest absolute Gasteiger partial charge is 0.325 e. The Balaban J connectivity index is 1.94. The van der Waals surface area contributed by atoms with Gasteiger partial charge >= 0.3 is 0 Å². The van der Waals surface area contributed by atoms with Crippen LogP contribution in [0.1, 0.15) is 12.5 Å². The van der Waals surface area contributed by atoms with Gasteiger partial charge in [-0.05, 0) is 38.1 Å². The number of carbonyl (C=O) groups excluding carboxylic acids is 1. The Morgan fingerprint density at radius 2 is 1.95 bits per heavy atom. The predicted octanol–water partition coefficient (Wildman–Crippen LogP) is 3.51. The Morgan fingerprint density at radius 1 is 1.21 bits per heavy atom. The van der Waals surface area contributed by atoms with Crippen molar-refractivity contribution in [1.82, 2.24) is 4.98 Å². The number of aryl methyl sites for hydroxylation is 1. The zero-order valence-electron chi connectivity index (χ0n) is 11.0. The highest BCUT2D eigenvalue weighted by atomic mass is 32.2. The molecule has 1 heterocycles. The number of hydrogen-bond acceptors (Lipinski definition) is 3. The molecule has 98 valence electrons. The molecule has 1 aromatic carbocycles. The number of hydrogen-bond donors (Lipinski definition) is 1. The fourth-order valence-corrected chi connectivity index (χ4v) is 2.34. The lowest BCUT2D eigenvalue weighted by atomic mass is 10.2. The molecule has 0 aliphatic carbocycles. The number of rotatable bonds is 4. The normalized spacial score (nSPS) is 11.9. The molecule has 4 heteroatoms. The van der Waals surface area contributed by atoms with Gasteiger partial charge in [0, 0.05) is 11.9 Å². The van der Waals surface area contributed by atoms with Crippen LogP contribution in [0.25, 0.3) is 0 Å². The minimum Gasteiger partial charge on any atom is -0.325 e. The lowest BCUT2D eigenvalue weighted by Crippen LogP contribution is -2.22. The lowest BCUT2D eigenvalue weighted by Gasteiger charge is -2.11. The van der Waals surface area contributed by atoms with Crippen LogP contribution in [0.15, 0.2) is 53.7 Å². The van der Waals surface area contributed by atoms with Crippen LogP contribution < -0.4 is 5.32 Å². The van der Waals surface area contributed by atoms with E-state index in [0.29, 0.717) is 0 Å². The van der Waals surface area contributed by atoms with E-state index in [1.165, 1.54) is 17.3 Å². The third-order valence-electron chi connectivity index (χ3n) is 2.62. The van der Waals surface area contributed by atoms with E-state index in [2.05, 4.69) is 10.3 Å². The Hall–Kier alpha value is -1.81. The first-order valence-corrected chi connectivity index (χ1v) is 6.98. The summed E-state index contributed by atoms with van der Waals surface area (Å²) < 4.78 is 0. The summed E-state index contributed by atoms with van der Waals surface area (Å²) in [4.78, 5) is 16.2. The highest BCUT2D eigenvalue weighted by Crippen LogP contribution is 2.21. The van der Waals surface area contributed by atoms with Crippen LogP contribution in [0, 0.1) is 6.92 Å². The maximum Gasteiger partial charge on any atom is 0.237 e. The van der Waals surface area contributed by atoms with Gasteiger partial charge in [-0.1, -0.05) is 35.5 Å². The first-order chi connectivity index (χ1) is 9.15. The molecular formula is C15H16N2OS. The van der Waals surface area contributed by atoms with E-state index in [0.717, 1.165) is 10.7 Å². The molecule has 0 bridgehead atoms. The first kappa shape index (κ1) is 13.6. The molecule has 2 aromatic rings. The molecule has 1 atom stereocenters. The van der Waals surface area contributed by atoms with Gasteiger partial charge in [-0.15, -0.1) is 0 Å². The molecule has 0 aliphatic heterocycles. The second-order valence-corrected chi connectivity index (χ2v) is 5.64. The molecule has 1 unspecified atom stereocenters. The Kier molecular flexibility index (Phi) is 4.58. The zero-order valence-corrected chi connectivity index (χ0v) is 11.8. The minimum atomic E-state index is -0.184. The van der Waals surface area contributed by atoms with Crippen molar-refractivity contribution in [3.05, 3.63) is 54.2 Å². The molecule has 0 fully saturated rings. The summed E-state index contributed by atoms with van der Waals surface area (Å²) in [5, 5.41) is 3.57. The summed E-state index contributed by atoms with van der Waals surface area (Å²) in [5.74, 6) is -0.0143. The molecular weight excluding hydrogens is 256 g/mol. The van der Waals surface area contributed by atoms with Crippen molar-refractivity contribution in [2.45, 2.75) is 24.1 Å². The average Bonchev–Trinajstić information content (AvgIpc) is 2.42. The predicted molar refractivity (Wildman–Crippen MR) is 79.4 cm³/mol. The number of nitrogens with zero attached hydrogens (tertiary/aromatic N) is 1. The van der Waals surface area contributed by atoms with Gasteiger partial charge in [0.1, 0.15) is 0 Å². The molecule has 2 rings (SSSR count). The number of carbonyl (C=O) groups is 1. The Labute approximate surface area is 117 Å². The van der Waals surface area contributed by atoms with Crippen LogP contribution >= 0.6 is 11.8 Å². The van der Waals surface area contributed by atoms with Gasteiger partial charge < -0.3 is 5.32 Å². The quantitative estimate of drug-likeness (QED) is 0.866. The fraction of sp³-hybridized carbons (Fsp3) is 0.200. The van der Waals surface area contributed by atoms with E-state index in [1.807, 2.05) is 56.3 Å². The van der Waals surface area contributed by atoms with Gasteiger partial charge in [0.05, 0.1) is 10.3 Å². The van der Waals surface area contributed by atoms with Gasteiger partial charge in [-0.3, -0.25) is 4.79 Å². The standard InChI is InChI=1S/C15H16N2OS/c1-11-6-8-13(9-7-11)17-15(18)12(2)19-14-5-3-4-10-16-14/h3-10,12H,1-2H3,(H,17,18). The van der Waals surface area contributed by atoms with E-state index in [1.54, 1.807) is 6.20 Å². The second-order valence-electron chi connectivity index (χ2n) is 4.28. The first-order valence-electron chi connectivity index (χ1n) is 6.10. The van der Waals surface area contributed by atoms with Crippen LogP contribution in [0.3, 0.4) is 0 Å². The zero-order chi connectivity index (χ0) is 13.7. The van der Waals surface area contributed by atoms with Crippen molar-refractivity contribution in [3.63, 3.8) is 0 Å². The highest BCUT2D eigenvalue weighted by molar-refractivity contribution is 8.00. The van der Waals surface area contributed by atoms with E-state index < -0.39 is 0 Å². The smallest absolute Gasteiger partial charge is 0.237 e. The number of pyridine rings is 1. The van der Waals surface area contributed by atoms with Gasteiger partial charge in [-0.25, -0.2) is 4.98 Å². The molecule has 19 heavy (non-hydrogen) atoms. The molecule has 3 nitrogen and oxygen atoms in total. The molecule has 1 amide bonds. The van der Waals surface area contributed by atoms with Crippen LogP contribution in [-0.4, -0.2) is 16.1 Å². The van der Waals surface area contributed by atoms with Crippen molar-refractivity contribution in [1.29, 1.82) is 0 Å². The number of nitrogens with one attached hydrogen (secondary N) is 1. The summed E-state index contributed by atoms with van der Waals surface area (Å²) in [7, 11) is 0. The molecule has 0 spiro atoms. The molecule has 1 N–H and O–H groups in total. The maximum atomic E-state index is 12.0. The molecule has 0 radical (unpaired) electrons. The average molecular weight is 272 g/mol. The van der Waals surface area contributed by atoms with Gasteiger partial charge in [-0.2, -0.15) is 0 Å². The fourth-order valence-electron chi connectivity index (χ4n) is 1.53. The Bertz CT molecular complexity index is 540. The summed E-state index contributed by atoms with van der Waals surface area (Å²) in [6, 6.07) is 13.5. The van der Waals surface area contributed by atoms with Crippen molar-refractivity contribution in [2.75, 3.05) is 5.32 Å². The SMILES string of the molecule is Cc1ccc(NC(=O)C(C)Sc2ccccn2)cc1. The van der Waals surface area contributed by atoms with E-state index in [4.69, 9.17) is 0 Å². The second kappa shape index (κ2) is 6.38. The monoisotopic (exact) mass is 272 g/mol. The van der Waals surface area contributed by atoms with Crippen LogP contribution in [0.5, 0.6) is 0 Å². The van der Waals surface area contributed by atoms with E-state index in [-0.39, 0.29) is 11.2 Å². The maximum absolute atomic E-state index is 12.0. The molecule has 0 saturated carbocycles. The number of benzene rings is 1. The van der Waals surface area contributed by atoms with Crippen LogP contribution in [-0.2, 0) is 4.79 Å². The molecule has 1 aromatic heterocycles. The van der Waals surface area contributed by atoms with E-state index in [9.17, 15) is 4.79 Å². The van der Waals surface area contributed by atoms with Gasteiger partial charge in [0.2, 0.25) is 5.91 Å². The topological polar surface area (TPSA) is 42.0 Å². The third kappa shape index (κ3) is 4.10. The third-order valence-corrected chi connectivity index (χ3v) is 3.67. The lowest BCUT2D eigenvalue weighted by molar-refractivity contribution is -0.115. The van der Waals surface area contributed by atoms with Crippen LogP contribution in [0.4, 0.5) is 5.69 Å². The van der Waals surface area contributed by atoms with Gasteiger partial charge in [0.25, 0.3) is 0 Å². The van der Waals surface area contributed by atoms with Crippen LogP contribution in [0.2, 0.25) is 0 Å². The summed E-state index contributed by atoms with van der Waals surface area (Å²) in [6.45, 7) is 3.90. The summed E-state index contributed by atoms with van der Waals surface area (Å²) >= 11 is 1.45. The summed E-state index contributed by atoms with van der Waals surface area (Å²) in [5.41, 5.74) is 2.00. The number of anilines is 1. The van der Waals surface area contributed by atoms with Crippen molar-refractivity contribution in [3.8, 4) is 0 Å². The summed E-state index contributed by atoms with van der Waals surface area (Å²) in [6.07, 6.45) is 1.73. The molecule has 0 saturated heterocycles. The van der Waals surface area contributed by atoms with Gasteiger partial charge in [0.15, 0.2) is 0 Å². The number of aromatic nitrogens is 1. The number of amides is 1. The van der Waals surface area contributed by atoms with E-state index >= 15 is 0 Å². The highest BCUT2D eigenvalue weighted by Gasteiger charge is 2.14. The Morgan fingerprint density at radius 3 is 2.58 bits per heavy atom. The van der Waals surface area contributed by atoms with Crippen molar-refractivity contribution < 1.29 is 4.79 Å².